The van der Waals surface area contributed by atoms with Crippen LogP contribution in [0.2, 0.25) is 5.02 Å². The fraction of sp³-hybridized carbons (Fsp3) is 0.125. The van der Waals surface area contributed by atoms with Crippen molar-refractivity contribution in [3.63, 3.8) is 0 Å². The quantitative estimate of drug-likeness (QED) is 0.297. The summed E-state index contributed by atoms with van der Waals surface area (Å²) >= 11 is 5.83. The predicted octanol–water partition coefficient (Wildman–Crippen LogP) is 5.42. The summed E-state index contributed by atoms with van der Waals surface area (Å²) in [6.45, 7) is 3.52. The van der Waals surface area contributed by atoms with E-state index in [0.29, 0.717) is 28.2 Å². The van der Waals surface area contributed by atoms with Gasteiger partial charge in [-0.25, -0.2) is 4.79 Å². The van der Waals surface area contributed by atoms with Crippen LogP contribution in [-0.2, 0) is 16.5 Å². The Hall–Kier alpha value is -3.09. The Bertz CT molecular complexity index is 1420. The molecule has 158 valence electrons. The van der Waals surface area contributed by atoms with Gasteiger partial charge in [0.05, 0.1) is 0 Å². The maximum absolute atomic E-state index is 12.7. The van der Waals surface area contributed by atoms with E-state index in [2.05, 4.69) is 0 Å². The predicted molar refractivity (Wildman–Crippen MR) is 120 cm³/mol. The minimum Gasteiger partial charge on any atom is -0.422 e. The Labute approximate surface area is 185 Å². The maximum Gasteiger partial charge on any atom is 0.340 e. The Morgan fingerprint density at radius 2 is 1.58 bits per heavy atom. The second-order valence-electron chi connectivity index (χ2n) is 7.21. The van der Waals surface area contributed by atoms with Crippen molar-refractivity contribution in [3.05, 3.63) is 104 Å². The maximum atomic E-state index is 12.7. The van der Waals surface area contributed by atoms with Crippen LogP contribution in [0.4, 0.5) is 0 Å². The highest BCUT2D eigenvalue weighted by molar-refractivity contribution is 7.87. The lowest BCUT2D eigenvalue weighted by Gasteiger charge is -2.13. The Morgan fingerprint density at radius 3 is 2.26 bits per heavy atom. The molecule has 1 heterocycles. The molecule has 0 saturated carbocycles. The average molecular weight is 455 g/mol. The van der Waals surface area contributed by atoms with E-state index in [1.807, 2.05) is 37.3 Å². The van der Waals surface area contributed by atoms with Crippen LogP contribution in [0.3, 0.4) is 0 Å². The highest BCUT2D eigenvalue weighted by Gasteiger charge is 2.21. The zero-order chi connectivity index (χ0) is 22.2. The molecule has 0 fully saturated rings. The molecule has 0 bridgehead atoms. The van der Waals surface area contributed by atoms with Crippen molar-refractivity contribution >= 4 is 32.7 Å². The molecule has 0 radical (unpaired) electrons. The molecule has 3 aromatic carbocycles. The number of halogens is 1. The van der Waals surface area contributed by atoms with Gasteiger partial charge >= 0.3 is 15.7 Å². The van der Waals surface area contributed by atoms with Gasteiger partial charge in [-0.2, -0.15) is 8.42 Å². The lowest BCUT2D eigenvalue weighted by Crippen LogP contribution is -2.13. The summed E-state index contributed by atoms with van der Waals surface area (Å²) in [5, 5.41) is 1.16. The summed E-state index contributed by atoms with van der Waals surface area (Å²) in [5.74, 6) is 0.0980. The van der Waals surface area contributed by atoms with Crippen LogP contribution in [0.1, 0.15) is 22.3 Å². The highest BCUT2D eigenvalue weighted by Crippen LogP contribution is 2.31. The van der Waals surface area contributed by atoms with Crippen LogP contribution < -0.4 is 9.81 Å². The molecular formula is C24H19ClO5S. The first-order valence-corrected chi connectivity index (χ1v) is 11.3. The van der Waals surface area contributed by atoms with Crippen molar-refractivity contribution in [3.8, 4) is 5.75 Å². The molecule has 0 N–H and O–H groups in total. The zero-order valence-corrected chi connectivity index (χ0v) is 18.5. The van der Waals surface area contributed by atoms with Crippen LogP contribution in [0.5, 0.6) is 5.75 Å². The molecule has 0 amide bonds. The molecule has 0 aliphatic carbocycles. The average Bonchev–Trinajstić information content (AvgIpc) is 2.74. The molecule has 0 spiro atoms. The van der Waals surface area contributed by atoms with Gasteiger partial charge in [0.25, 0.3) is 0 Å². The summed E-state index contributed by atoms with van der Waals surface area (Å²) in [6, 6.07) is 18.6. The van der Waals surface area contributed by atoms with Crippen LogP contribution in [0.15, 0.2) is 80.8 Å². The van der Waals surface area contributed by atoms with Crippen LogP contribution in [0, 0.1) is 13.8 Å². The third kappa shape index (κ3) is 4.22. The van der Waals surface area contributed by atoms with Gasteiger partial charge in [0.15, 0.2) is 0 Å². The largest absolute Gasteiger partial charge is 0.422 e. The standard InChI is InChI=1S/C24H19ClO5S/c1-15-20-12-13-22(30-31(27,28)19-10-8-18(25)9-11-19)16(2)23(20)29-24(26)21(15)14-17-6-4-3-5-7-17/h3-13H,14H2,1-2H3. The summed E-state index contributed by atoms with van der Waals surface area (Å²) in [4.78, 5) is 12.7. The monoisotopic (exact) mass is 454 g/mol. The van der Waals surface area contributed by atoms with Crippen molar-refractivity contribution in [2.75, 3.05) is 0 Å². The summed E-state index contributed by atoms with van der Waals surface area (Å²) in [7, 11) is -4.07. The molecule has 4 rings (SSSR count). The minimum atomic E-state index is -4.07. The van der Waals surface area contributed by atoms with Crippen LogP contribution in [0.25, 0.3) is 11.0 Å². The molecule has 7 heteroatoms. The number of hydrogen-bond donors (Lipinski definition) is 0. The lowest BCUT2D eigenvalue weighted by atomic mass is 9.98. The molecule has 5 nitrogen and oxygen atoms in total. The smallest absolute Gasteiger partial charge is 0.340 e. The van der Waals surface area contributed by atoms with Crippen molar-refractivity contribution in [1.29, 1.82) is 0 Å². The molecule has 0 aliphatic heterocycles. The Kier molecular flexibility index (Phi) is 5.60. The lowest BCUT2D eigenvalue weighted by molar-refractivity contribution is 0.482. The molecule has 31 heavy (non-hydrogen) atoms. The first-order chi connectivity index (χ1) is 14.8. The molecule has 0 aliphatic rings. The van der Waals surface area contributed by atoms with E-state index in [4.69, 9.17) is 20.2 Å². The van der Waals surface area contributed by atoms with E-state index >= 15 is 0 Å². The van der Waals surface area contributed by atoms with Crippen molar-refractivity contribution in [1.82, 2.24) is 0 Å². The van der Waals surface area contributed by atoms with Crippen LogP contribution >= 0.6 is 11.6 Å². The van der Waals surface area contributed by atoms with Gasteiger partial charge in [-0.15, -0.1) is 0 Å². The van der Waals surface area contributed by atoms with E-state index in [1.165, 1.54) is 24.3 Å². The van der Waals surface area contributed by atoms with E-state index < -0.39 is 15.7 Å². The topological polar surface area (TPSA) is 73.6 Å². The molecule has 0 atom stereocenters. The zero-order valence-electron chi connectivity index (χ0n) is 16.9. The SMILES string of the molecule is Cc1c(Cc2ccccc2)c(=O)oc2c(C)c(OS(=O)(=O)c3ccc(Cl)cc3)ccc12. The van der Waals surface area contributed by atoms with E-state index in [9.17, 15) is 13.2 Å². The van der Waals surface area contributed by atoms with Gasteiger partial charge in [-0.1, -0.05) is 41.9 Å². The van der Waals surface area contributed by atoms with Gasteiger partial charge < -0.3 is 8.60 Å². The van der Waals surface area contributed by atoms with Gasteiger partial charge in [0.2, 0.25) is 0 Å². The second-order valence-corrected chi connectivity index (χ2v) is 9.19. The molecule has 4 aromatic rings. The Balaban J connectivity index is 1.75. The summed E-state index contributed by atoms with van der Waals surface area (Å²) < 4.78 is 36.2. The Morgan fingerprint density at radius 1 is 0.903 bits per heavy atom. The summed E-state index contributed by atoms with van der Waals surface area (Å²) in [6.07, 6.45) is 0.452. The molecule has 1 aromatic heterocycles. The highest BCUT2D eigenvalue weighted by atomic mass is 35.5. The third-order valence-electron chi connectivity index (χ3n) is 5.18. The van der Waals surface area contributed by atoms with Gasteiger partial charge in [-0.05, 0) is 61.4 Å². The van der Waals surface area contributed by atoms with Gasteiger partial charge in [-0.3, -0.25) is 0 Å². The van der Waals surface area contributed by atoms with Crippen molar-refractivity contribution in [2.24, 2.45) is 0 Å². The first kappa shape index (κ1) is 21.2. The van der Waals surface area contributed by atoms with Crippen molar-refractivity contribution in [2.45, 2.75) is 25.2 Å². The molecular weight excluding hydrogens is 436 g/mol. The molecule has 0 saturated heterocycles. The minimum absolute atomic E-state index is 0.0211. The fourth-order valence-electron chi connectivity index (χ4n) is 3.43. The van der Waals surface area contributed by atoms with Gasteiger partial charge in [0.1, 0.15) is 16.2 Å². The number of rotatable bonds is 5. The van der Waals surface area contributed by atoms with E-state index in [1.54, 1.807) is 19.1 Å². The normalized spacial score (nSPS) is 11.6. The number of hydrogen-bond acceptors (Lipinski definition) is 5. The number of aryl methyl sites for hydroxylation is 2. The first-order valence-electron chi connectivity index (χ1n) is 9.56. The van der Waals surface area contributed by atoms with Crippen LogP contribution in [-0.4, -0.2) is 8.42 Å². The third-order valence-corrected chi connectivity index (χ3v) is 6.68. The van der Waals surface area contributed by atoms with E-state index in [-0.39, 0.29) is 10.6 Å². The summed E-state index contributed by atoms with van der Waals surface area (Å²) in [5.41, 5.74) is 2.66. The number of fused-ring (bicyclic) bond motifs is 1. The molecule has 0 unspecified atom stereocenters. The second kappa shape index (κ2) is 8.21. The van der Waals surface area contributed by atoms with E-state index in [0.717, 1.165) is 16.5 Å². The van der Waals surface area contributed by atoms with Gasteiger partial charge in [0, 0.05) is 28.0 Å². The fourth-order valence-corrected chi connectivity index (χ4v) is 4.54. The number of benzene rings is 3. The van der Waals surface area contributed by atoms with Crippen molar-refractivity contribution < 1.29 is 17.0 Å².